The number of hydrogen-bond acceptors (Lipinski definition) is 7. The summed E-state index contributed by atoms with van der Waals surface area (Å²) in [4.78, 5) is 37.1. The Hall–Kier alpha value is -2.79. The molecule has 3 saturated heterocycles. The van der Waals surface area contributed by atoms with Crippen LogP contribution in [-0.4, -0.2) is 99.0 Å². The van der Waals surface area contributed by atoms with Crippen LogP contribution < -0.4 is 11.1 Å². The van der Waals surface area contributed by atoms with Crippen LogP contribution >= 0.6 is 0 Å². The topological polar surface area (TPSA) is 112 Å². The first-order chi connectivity index (χ1) is 19.8. The van der Waals surface area contributed by atoms with Crippen molar-refractivity contribution in [2.24, 2.45) is 5.41 Å². The average Bonchev–Trinajstić information content (AvgIpc) is 3.26. The molecule has 3 aliphatic heterocycles. The van der Waals surface area contributed by atoms with Crippen molar-refractivity contribution >= 4 is 23.3 Å². The molecule has 6 rings (SSSR count). The zero-order chi connectivity index (χ0) is 28.6. The molecule has 10 nitrogen and oxygen atoms in total. The molecule has 4 fully saturated rings. The van der Waals surface area contributed by atoms with E-state index in [1.54, 1.807) is 0 Å². The van der Waals surface area contributed by atoms with E-state index in [1.807, 2.05) is 11.9 Å². The number of fused-ring (bicyclic) bond motifs is 1. The van der Waals surface area contributed by atoms with Gasteiger partial charge in [-0.2, -0.15) is 0 Å². The molecule has 2 unspecified atom stereocenters. The molecule has 3 N–H and O–H groups in total. The molecule has 11 heteroatoms. The predicted octanol–water partition coefficient (Wildman–Crippen LogP) is 3.07. The Morgan fingerprint density at radius 1 is 1.05 bits per heavy atom. The number of nitrogen functional groups attached to an aromatic ring is 1. The molecule has 2 aromatic heterocycles. The van der Waals surface area contributed by atoms with Crippen molar-refractivity contribution in [1.82, 2.24) is 34.6 Å². The molecule has 2 aromatic rings. The minimum absolute atomic E-state index is 0.0562. The molecule has 41 heavy (non-hydrogen) atoms. The van der Waals surface area contributed by atoms with Gasteiger partial charge in [0.25, 0.3) is 5.91 Å². The maximum Gasteiger partial charge on any atom is 0.259 e. The summed E-state index contributed by atoms with van der Waals surface area (Å²) in [7, 11) is 1.93. The first-order valence-electron chi connectivity index (χ1n) is 15.6. The Kier molecular flexibility index (Phi) is 8.18. The minimum atomic E-state index is -0.537. The van der Waals surface area contributed by atoms with Gasteiger partial charge in [0.05, 0.1) is 18.4 Å². The number of anilines is 1. The van der Waals surface area contributed by atoms with Gasteiger partial charge in [-0.25, -0.2) is 13.9 Å². The van der Waals surface area contributed by atoms with Gasteiger partial charge in [0.2, 0.25) is 5.91 Å². The number of piperidine rings is 3. The van der Waals surface area contributed by atoms with Crippen LogP contribution in [0.1, 0.15) is 87.4 Å². The summed E-state index contributed by atoms with van der Waals surface area (Å²) in [5, 5.41) is 7.50. The fourth-order valence-corrected chi connectivity index (χ4v) is 8.03. The summed E-state index contributed by atoms with van der Waals surface area (Å²) in [6, 6.07) is 0.709. The predicted molar refractivity (Wildman–Crippen MR) is 155 cm³/mol. The van der Waals surface area contributed by atoms with Crippen molar-refractivity contribution in [3.8, 4) is 0 Å². The Labute approximate surface area is 241 Å². The molecular formula is C30H45FN8O2. The van der Waals surface area contributed by atoms with Gasteiger partial charge in [0.1, 0.15) is 5.56 Å². The van der Waals surface area contributed by atoms with Crippen LogP contribution in [0.3, 0.4) is 0 Å². The molecule has 0 bridgehead atoms. The zero-order valence-electron chi connectivity index (χ0n) is 24.4. The third-order valence-corrected chi connectivity index (χ3v) is 10.4. The Morgan fingerprint density at radius 2 is 1.78 bits per heavy atom. The number of nitrogens with zero attached hydrogens (tertiary/aromatic N) is 6. The smallest absolute Gasteiger partial charge is 0.259 e. The highest BCUT2D eigenvalue weighted by molar-refractivity contribution is 6.04. The number of rotatable bonds is 4. The highest BCUT2D eigenvalue weighted by Crippen LogP contribution is 2.41. The SMILES string of the molecule is CN1CC2(CCC1=O)CCN(C1CCN(C3CCCCCCC3)CC1NC(=O)c1c(N)nn3cc(F)cnc13)CC2. The second-order valence-electron chi connectivity index (χ2n) is 13.0. The van der Waals surface area contributed by atoms with Gasteiger partial charge in [-0.1, -0.05) is 32.1 Å². The van der Waals surface area contributed by atoms with Gasteiger partial charge >= 0.3 is 0 Å². The normalized spacial score (nSPS) is 27.2. The molecular weight excluding hydrogens is 523 g/mol. The molecule has 224 valence electrons. The second kappa shape index (κ2) is 11.8. The number of halogens is 1. The van der Waals surface area contributed by atoms with Gasteiger partial charge in [-0.3, -0.25) is 19.4 Å². The molecule has 0 aromatic carbocycles. The highest BCUT2D eigenvalue weighted by Gasteiger charge is 2.44. The molecule has 1 spiro atoms. The van der Waals surface area contributed by atoms with Crippen molar-refractivity contribution < 1.29 is 14.0 Å². The van der Waals surface area contributed by atoms with Crippen molar-refractivity contribution in [2.75, 3.05) is 45.5 Å². The van der Waals surface area contributed by atoms with Crippen LogP contribution in [0, 0.1) is 11.2 Å². The van der Waals surface area contributed by atoms with Crippen molar-refractivity contribution in [3.05, 3.63) is 23.8 Å². The average molecular weight is 569 g/mol. The van der Waals surface area contributed by atoms with Crippen LogP contribution in [0.15, 0.2) is 12.4 Å². The van der Waals surface area contributed by atoms with Crippen molar-refractivity contribution in [3.63, 3.8) is 0 Å². The van der Waals surface area contributed by atoms with Gasteiger partial charge in [-0.15, -0.1) is 5.10 Å². The molecule has 5 heterocycles. The summed E-state index contributed by atoms with van der Waals surface area (Å²) in [5.41, 5.74) is 6.84. The fraction of sp³-hybridized carbons (Fsp3) is 0.733. The van der Waals surface area contributed by atoms with E-state index >= 15 is 0 Å². The number of amides is 2. The lowest BCUT2D eigenvalue weighted by molar-refractivity contribution is -0.137. The first kappa shape index (κ1) is 28.3. The number of hydrogen-bond donors (Lipinski definition) is 2. The van der Waals surface area contributed by atoms with Gasteiger partial charge in [0.15, 0.2) is 17.3 Å². The molecule has 1 saturated carbocycles. The van der Waals surface area contributed by atoms with Gasteiger partial charge in [0, 0.05) is 45.2 Å². The van der Waals surface area contributed by atoms with E-state index in [0.717, 1.165) is 64.6 Å². The van der Waals surface area contributed by atoms with Crippen LogP contribution in [0.2, 0.25) is 0 Å². The van der Waals surface area contributed by atoms with E-state index in [1.165, 1.54) is 55.7 Å². The highest BCUT2D eigenvalue weighted by atomic mass is 19.1. The summed E-state index contributed by atoms with van der Waals surface area (Å²) >= 11 is 0. The lowest BCUT2D eigenvalue weighted by Crippen LogP contribution is -2.63. The van der Waals surface area contributed by atoms with Crippen LogP contribution in [0.4, 0.5) is 10.2 Å². The number of nitrogens with one attached hydrogen (secondary N) is 1. The third-order valence-electron chi connectivity index (χ3n) is 10.4. The van der Waals surface area contributed by atoms with Crippen molar-refractivity contribution in [1.29, 1.82) is 0 Å². The Morgan fingerprint density at radius 3 is 2.51 bits per heavy atom. The third kappa shape index (κ3) is 5.93. The number of aromatic nitrogens is 3. The monoisotopic (exact) mass is 568 g/mol. The lowest BCUT2D eigenvalue weighted by atomic mass is 9.72. The number of carbonyl (C=O) groups is 2. The van der Waals surface area contributed by atoms with Crippen LogP contribution in [-0.2, 0) is 4.79 Å². The van der Waals surface area contributed by atoms with Crippen LogP contribution in [0.25, 0.3) is 5.65 Å². The largest absolute Gasteiger partial charge is 0.381 e. The van der Waals surface area contributed by atoms with Crippen molar-refractivity contribution in [2.45, 2.75) is 95.2 Å². The lowest BCUT2D eigenvalue weighted by Gasteiger charge is -2.51. The number of carbonyl (C=O) groups excluding carboxylic acids is 2. The Balaban J connectivity index is 1.20. The first-order valence-corrected chi connectivity index (χ1v) is 15.6. The van der Waals surface area contributed by atoms with Gasteiger partial charge in [-0.05, 0) is 57.0 Å². The summed E-state index contributed by atoms with van der Waals surface area (Å²) in [5.74, 6) is -0.523. The second-order valence-corrected chi connectivity index (χ2v) is 13.0. The molecule has 2 atom stereocenters. The summed E-state index contributed by atoms with van der Waals surface area (Å²) in [6.07, 6.45) is 16.0. The van der Waals surface area contributed by atoms with Gasteiger partial charge < -0.3 is 16.0 Å². The maximum absolute atomic E-state index is 13.8. The van der Waals surface area contributed by atoms with E-state index in [9.17, 15) is 14.0 Å². The molecule has 0 radical (unpaired) electrons. The van der Waals surface area contributed by atoms with E-state index in [-0.39, 0.29) is 46.3 Å². The van der Waals surface area contributed by atoms with Crippen LogP contribution in [0.5, 0.6) is 0 Å². The van der Waals surface area contributed by atoms with E-state index in [2.05, 4.69) is 25.2 Å². The molecule has 2 amide bonds. The molecule has 4 aliphatic rings. The van der Waals surface area contributed by atoms with E-state index < -0.39 is 5.82 Å². The summed E-state index contributed by atoms with van der Waals surface area (Å²) in [6.45, 7) is 4.65. The zero-order valence-corrected chi connectivity index (χ0v) is 24.4. The quantitative estimate of drug-likeness (QED) is 0.583. The summed E-state index contributed by atoms with van der Waals surface area (Å²) < 4.78 is 15.0. The number of nitrogens with two attached hydrogens (primary N) is 1. The standard InChI is InChI=1S/C30H45FN8O2/c1-36-20-30(11-9-25(36)40)12-15-37(16-13-30)24-10-14-38(22-7-5-3-2-4-6-8-22)19-23(24)34-29(41)26-27(32)35-39-18-21(31)17-33-28(26)39/h17-18,22-24H,2-16,19-20H2,1H3,(H2,32,35)(H,34,41). The van der Waals surface area contributed by atoms with E-state index in [4.69, 9.17) is 5.73 Å². The fourth-order valence-electron chi connectivity index (χ4n) is 8.03. The Bertz CT molecular complexity index is 1250. The molecule has 1 aliphatic carbocycles. The number of likely N-dealkylation sites (tertiary alicyclic amines) is 3. The minimum Gasteiger partial charge on any atom is -0.381 e. The van der Waals surface area contributed by atoms with E-state index in [0.29, 0.717) is 12.5 Å². The maximum atomic E-state index is 13.8.